The van der Waals surface area contributed by atoms with E-state index in [9.17, 15) is 14.4 Å². The van der Waals surface area contributed by atoms with Gasteiger partial charge < -0.3 is 19.7 Å². The maximum atomic E-state index is 13.4. The van der Waals surface area contributed by atoms with Gasteiger partial charge >= 0.3 is 6.03 Å². The zero-order chi connectivity index (χ0) is 26.1. The van der Waals surface area contributed by atoms with E-state index in [0.717, 1.165) is 36.7 Å². The number of amides is 4. The van der Waals surface area contributed by atoms with E-state index >= 15 is 0 Å². The molecule has 3 aliphatic heterocycles. The molecule has 9 nitrogen and oxygen atoms in total. The molecule has 2 saturated heterocycles. The molecule has 200 valence electrons. The van der Waals surface area contributed by atoms with E-state index in [1.165, 1.54) is 10.5 Å². The third-order valence-corrected chi connectivity index (χ3v) is 8.33. The van der Waals surface area contributed by atoms with Crippen molar-refractivity contribution in [2.24, 2.45) is 11.8 Å². The number of imide groups is 1. The van der Waals surface area contributed by atoms with Crippen LogP contribution in [0.4, 0.5) is 4.79 Å². The van der Waals surface area contributed by atoms with Crippen LogP contribution in [-0.2, 0) is 22.6 Å². The summed E-state index contributed by atoms with van der Waals surface area (Å²) in [5.74, 6) is 1.23. The van der Waals surface area contributed by atoms with Crippen LogP contribution in [0.3, 0.4) is 0 Å². The van der Waals surface area contributed by atoms with Crippen molar-refractivity contribution in [1.29, 1.82) is 0 Å². The Balaban J connectivity index is 0.991. The second kappa shape index (κ2) is 10.6. The molecule has 0 aromatic heterocycles. The van der Waals surface area contributed by atoms with Gasteiger partial charge in [-0.2, -0.15) is 0 Å². The van der Waals surface area contributed by atoms with E-state index < -0.39 is 0 Å². The van der Waals surface area contributed by atoms with Crippen LogP contribution in [0, 0.1) is 11.8 Å². The topological polar surface area (TPSA) is 91.4 Å². The lowest BCUT2D eigenvalue weighted by atomic mass is 9.76. The van der Waals surface area contributed by atoms with Crippen LogP contribution >= 0.6 is 0 Å². The highest BCUT2D eigenvalue weighted by molar-refractivity contribution is 5.99. The van der Waals surface area contributed by atoms with Crippen LogP contribution in [0.15, 0.2) is 48.5 Å². The number of urea groups is 1. The van der Waals surface area contributed by atoms with Gasteiger partial charge in [0.2, 0.25) is 18.6 Å². The van der Waals surface area contributed by atoms with Crippen molar-refractivity contribution in [2.75, 3.05) is 39.5 Å². The Morgan fingerprint density at radius 1 is 0.921 bits per heavy atom. The first-order chi connectivity index (χ1) is 18.5. The van der Waals surface area contributed by atoms with E-state index in [1.54, 1.807) is 0 Å². The average molecular weight is 519 g/mol. The molecule has 4 amide bonds. The number of nitrogens with zero attached hydrogens (tertiary/aromatic N) is 3. The molecule has 4 aliphatic rings. The standard InChI is InChI=1S/C29H34N4O5/c34-27(32-14-12-31(13-15-32)18-21-6-9-25-26(16-21)38-19-37-25)22-7-8-23-24(17-22)30-29(36)33(28(23)35)11-10-20-4-2-1-3-5-20/h1-6,9,16,22-24H,7-8,10-15,17-19H2,(H,30,36). The Morgan fingerprint density at radius 3 is 2.53 bits per heavy atom. The SMILES string of the molecule is O=C(C1CCC2C(=O)N(CCc3ccccc3)C(=O)NC2C1)N1CCN(Cc2ccc3c(c2)OCO3)CC1. The fourth-order valence-electron chi connectivity index (χ4n) is 6.17. The van der Waals surface area contributed by atoms with Crippen molar-refractivity contribution in [3.05, 3.63) is 59.7 Å². The molecular weight excluding hydrogens is 484 g/mol. The van der Waals surface area contributed by atoms with Crippen LogP contribution in [0.5, 0.6) is 11.5 Å². The molecule has 2 aromatic rings. The molecule has 0 spiro atoms. The fraction of sp³-hybridized carbons (Fsp3) is 0.483. The molecule has 38 heavy (non-hydrogen) atoms. The van der Waals surface area contributed by atoms with Crippen molar-refractivity contribution in [1.82, 2.24) is 20.0 Å². The van der Waals surface area contributed by atoms with Gasteiger partial charge in [0.05, 0.1) is 5.92 Å². The number of benzene rings is 2. The summed E-state index contributed by atoms with van der Waals surface area (Å²) in [6.45, 7) is 4.44. The predicted octanol–water partition coefficient (Wildman–Crippen LogP) is 2.64. The quantitative estimate of drug-likeness (QED) is 0.632. The molecule has 1 aliphatic carbocycles. The predicted molar refractivity (Wildman–Crippen MR) is 139 cm³/mol. The van der Waals surface area contributed by atoms with Gasteiger partial charge in [0.15, 0.2) is 11.5 Å². The number of rotatable bonds is 6. The van der Waals surface area contributed by atoms with Crippen molar-refractivity contribution in [3.63, 3.8) is 0 Å². The Bertz CT molecular complexity index is 1200. The summed E-state index contributed by atoms with van der Waals surface area (Å²) < 4.78 is 10.9. The van der Waals surface area contributed by atoms with E-state index in [2.05, 4.69) is 16.3 Å². The Kier molecular flexibility index (Phi) is 6.93. The smallest absolute Gasteiger partial charge is 0.324 e. The molecule has 0 bridgehead atoms. The summed E-state index contributed by atoms with van der Waals surface area (Å²) in [5.41, 5.74) is 2.27. The van der Waals surface area contributed by atoms with Crippen molar-refractivity contribution in [3.8, 4) is 11.5 Å². The van der Waals surface area contributed by atoms with Crippen LogP contribution in [-0.4, -0.2) is 78.1 Å². The summed E-state index contributed by atoms with van der Waals surface area (Å²) in [5, 5.41) is 3.04. The number of hydrogen-bond donors (Lipinski definition) is 1. The minimum absolute atomic E-state index is 0.0993. The Hall–Kier alpha value is -3.59. The molecule has 3 heterocycles. The number of carbonyl (C=O) groups is 3. The molecule has 1 saturated carbocycles. The first kappa shape index (κ1) is 24.7. The number of carbonyl (C=O) groups excluding carboxylic acids is 3. The lowest BCUT2D eigenvalue weighted by molar-refractivity contribution is -0.143. The molecule has 1 N–H and O–H groups in total. The highest BCUT2D eigenvalue weighted by Gasteiger charge is 2.46. The van der Waals surface area contributed by atoms with Gasteiger partial charge in [-0.3, -0.25) is 19.4 Å². The normalized spacial score (nSPS) is 25.2. The second-order valence-electron chi connectivity index (χ2n) is 10.7. The lowest BCUT2D eigenvalue weighted by Gasteiger charge is -2.43. The summed E-state index contributed by atoms with van der Waals surface area (Å²) in [7, 11) is 0. The minimum atomic E-state index is -0.336. The van der Waals surface area contributed by atoms with Gasteiger partial charge in [0.25, 0.3) is 0 Å². The molecule has 3 atom stereocenters. The molecule has 6 rings (SSSR count). The van der Waals surface area contributed by atoms with E-state index in [-0.39, 0.29) is 42.5 Å². The number of hydrogen-bond acceptors (Lipinski definition) is 6. The third-order valence-electron chi connectivity index (χ3n) is 8.33. The summed E-state index contributed by atoms with van der Waals surface area (Å²) in [6, 6.07) is 15.3. The Labute approximate surface area is 222 Å². The molecule has 9 heteroatoms. The van der Waals surface area contributed by atoms with Crippen LogP contribution < -0.4 is 14.8 Å². The van der Waals surface area contributed by atoms with Gasteiger partial charge in [0.1, 0.15) is 0 Å². The number of piperazine rings is 1. The molecule has 3 fully saturated rings. The van der Waals surface area contributed by atoms with Gasteiger partial charge in [-0.15, -0.1) is 0 Å². The zero-order valence-corrected chi connectivity index (χ0v) is 21.5. The van der Waals surface area contributed by atoms with E-state index in [0.29, 0.717) is 45.3 Å². The van der Waals surface area contributed by atoms with Gasteiger partial charge in [-0.25, -0.2) is 4.79 Å². The van der Waals surface area contributed by atoms with Crippen molar-refractivity contribution >= 4 is 17.8 Å². The monoisotopic (exact) mass is 518 g/mol. The number of ether oxygens (including phenoxy) is 2. The summed E-state index contributed by atoms with van der Waals surface area (Å²) in [4.78, 5) is 45.0. The third kappa shape index (κ3) is 5.07. The second-order valence-corrected chi connectivity index (χ2v) is 10.7. The van der Waals surface area contributed by atoms with Gasteiger partial charge in [-0.05, 0) is 48.9 Å². The zero-order valence-electron chi connectivity index (χ0n) is 21.5. The number of nitrogens with one attached hydrogen (secondary N) is 1. The summed E-state index contributed by atoms with van der Waals surface area (Å²) >= 11 is 0. The Morgan fingerprint density at radius 2 is 1.71 bits per heavy atom. The first-order valence-corrected chi connectivity index (χ1v) is 13.6. The van der Waals surface area contributed by atoms with Crippen LogP contribution in [0.1, 0.15) is 30.4 Å². The van der Waals surface area contributed by atoms with E-state index in [4.69, 9.17) is 9.47 Å². The van der Waals surface area contributed by atoms with Crippen molar-refractivity contribution < 1.29 is 23.9 Å². The summed E-state index contributed by atoms with van der Waals surface area (Å²) in [6.07, 6.45) is 2.49. The van der Waals surface area contributed by atoms with Crippen LogP contribution in [0.2, 0.25) is 0 Å². The minimum Gasteiger partial charge on any atom is -0.454 e. The molecule has 0 radical (unpaired) electrons. The fourth-order valence-corrected chi connectivity index (χ4v) is 6.17. The highest BCUT2D eigenvalue weighted by Crippen LogP contribution is 2.35. The number of fused-ring (bicyclic) bond motifs is 2. The first-order valence-electron chi connectivity index (χ1n) is 13.6. The van der Waals surface area contributed by atoms with Gasteiger partial charge in [-0.1, -0.05) is 36.4 Å². The average Bonchev–Trinajstić information content (AvgIpc) is 3.41. The lowest BCUT2D eigenvalue weighted by Crippen LogP contribution is -2.62. The van der Waals surface area contributed by atoms with E-state index in [1.807, 2.05) is 47.4 Å². The maximum absolute atomic E-state index is 13.4. The van der Waals surface area contributed by atoms with Crippen molar-refractivity contribution in [2.45, 2.75) is 38.3 Å². The molecule has 2 aromatic carbocycles. The van der Waals surface area contributed by atoms with Crippen LogP contribution in [0.25, 0.3) is 0 Å². The molecular formula is C29H34N4O5. The highest BCUT2D eigenvalue weighted by atomic mass is 16.7. The largest absolute Gasteiger partial charge is 0.454 e. The molecule has 3 unspecified atom stereocenters. The maximum Gasteiger partial charge on any atom is 0.324 e. The van der Waals surface area contributed by atoms with Gasteiger partial charge in [0, 0.05) is 51.2 Å².